The molecule has 3 heteroatoms. The zero-order chi connectivity index (χ0) is 14.2. The second kappa shape index (κ2) is 5.08. The maximum atomic E-state index is 6.51. The molecule has 0 saturated carbocycles. The van der Waals surface area contributed by atoms with E-state index in [0.29, 0.717) is 0 Å². The van der Waals surface area contributed by atoms with Gasteiger partial charge in [0.1, 0.15) is 11.5 Å². The fourth-order valence-electron chi connectivity index (χ4n) is 3.24. The van der Waals surface area contributed by atoms with E-state index in [9.17, 15) is 0 Å². The Hall–Kier alpha value is -2.00. The summed E-state index contributed by atoms with van der Waals surface area (Å²) in [4.78, 5) is 0. The fraction of sp³-hybridized carbons (Fsp3) is 0.333. The molecule has 1 atom stereocenters. The molecule has 0 fully saturated rings. The highest BCUT2D eigenvalue weighted by atomic mass is 16.5. The molecule has 4 rings (SSSR count). The summed E-state index contributed by atoms with van der Waals surface area (Å²) >= 11 is 0. The van der Waals surface area contributed by atoms with Gasteiger partial charge in [-0.05, 0) is 35.6 Å². The van der Waals surface area contributed by atoms with Crippen LogP contribution in [0.25, 0.3) is 0 Å². The highest BCUT2D eigenvalue weighted by Crippen LogP contribution is 2.36. The third-order valence-corrected chi connectivity index (χ3v) is 4.37. The summed E-state index contributed by atoms with van der Waals surface area (Å²) in [7, 11) is 0. The molecule has 108 valence electrons. The fourth-order valence-corrected chi connectivity index (χ4v) is 3.24. The summed E-state index contributed by atoms with van der Waals surface area (Å²) in [6.07, 6.45) is 3.13. The van der Waals surface area contributed by atoms with Crippen molar-refractivity contribution >= 4 is 0 Å². The molecule has 0 saturated heterocycles. The summed E-state index contributed by atoms with van der Waals surface area (Å²) in [5, 5.41) is 0. The number of hydrogen-bond donors (Lipinski definition) is 1. The maximum Gasteiger partial charge on any atom is 0.127 e. The summed E-state index contributed by atoms with van der Waals surface area (Å²) in [5.74, 6) is 1.99. The van der Waals surface area contributed by atoms with Crippen molar-refractivity contribution < 1.29 is 9.47 Å². The number of ether oxygens (including phenoxy) is 2. The Morgan fingerprint density at radius 1 is 0.952 bits per heavy atom. The molecule has 21 heavy (non-hydrogen) atoms. The van der Waals surface area contributed by atoms with E-state index in [4.69, 9.17) is 15.2 Å². The van der Waals surface area contributed by atoms with Gasteiger partial charge in [0.15, 0.2) is 0 Å². The van der Waals surface area contributed by atoms with Gasteiger partial charge >= 0.3 is 0 Å². The van der Waals surface area contributed by atoms with Gasteiger partial charge in [0.2, 0.25) is 0 Å². The van der Waals surface area contributed by atoms with Crippen molar-refractivity contribution in [3.8, 4) is 11.5 Å². The third kappa shape index (κ3) is 2.18. The van der Waals surface area contributed by atoms with Crippen LogP contribution in [0.5, 0.6) is 11.5 Å². The van der Waals surface area contributed by atoms with Gasteiger partial charge < -0.3 is 15.2 Å². The Kier molecular flexibility index (Phi) is 3.08. The van der Waals surface area contributed by atoms with Crippen LogP contribution in [0.2, 0.25) is 0 Å². The largest absolute Gasteiger partial charge is 0.493 e. The molecule has 0 radical (unpaired) electrons. The van der Waals surface area contributed by atoms with Crippen molar-refractivity contribution in [3.63, 3.8) is 0 Å². The second-order valence-corrected chi connectivity index (χ2v) is 5.73. The molecule has 0 bridgehead atoms. The molecule has 0 aliphatic carbocycles. The van der Waals surface area contributed by atoms with Gasteiger partial charge in [0.25, 0.3) is 0 Å². The Bertz CT molecular complexity index is 681. The molecule has 1 unspecified atom stereocenters. The highest BCUT2D eigenvalue weighted by molar-refractivity contribution is 5.49. The van der Waals surface area contributed by atoms with Gasteiger partial charge in [0, 0.05) is 12.0 Å². The van der Waals surface area contributed by atoms with Crippen LogP contribution in [0.4, 0.5) is 0 Å². The second-order valence-electron chi connectivity index (χ2n) is 5.73. The number of para-hydroxylation sites is 1. The molecular formula is C18H19NO2. The lowest BCUT2D eigenvalue weighted by molar-refractivity contribution is 0.284. The third-order valence-electron chi connectivity index (χ3n) is 4.37. The molecule has 3 nitrogen and oxygen atoms in total. The van der Waals surface area contributed by atoms with Crippen LogP contribution in [0.1, 0.15) is 34.7 Å². The summed E-state index contributed by atoms with van der Waals surface area (Å²) in [5.41, 5.74) is 11.3. The monoisotopic (exact) mass is 281 g/mol. The summed E-state index contributed by atoms with van der Waals surface area (Å²) < 4.78 is 11.4. The van der Waals surface area contributed by atoms with Crippen molar-refractivity contribution in [1.82, 2.24) is 0 Å². The first-order chi connectivity index (χ1) is 10.3. The van der Waals surface area contributed by atoms with E-state index in [1.165, 1.54) is 11.1 Å². The Morgan fingerprint density at radius 3 is 2.86 bits per heavy atom. The van der Waals surface area contributed by atoms with Crippen molar-refractivity contribution in [2.75, 3.05) is 13.2 Å². The minimum Gasteiger partial charge on any atom is -0.493 e. The van der Waals surface area contributed by atoms with E-state index in [1.807, 2.05) is 6.07 Å². The number of hydrogen-bond acceptors (Lipinski definition) is 3. The molecule has 2 heterocycles. The van der Waals surface area contributed by atoms with Crippen molar-refractivity contribution in [2.45, 2.75) is 25.3 Å². The average molecular weight is 281 g/mol. The van der Waals surface area contributed by atoms with E-state index in [1.54, 1.807) is 0 Å². The smallest absolute Gasteiger partial charge is 0.127 e. The van der Waals surface area contributed by atoms with Gasteiger partial charge in [-0.15, -0.1) is 0 Å². The van der Waals surface area contributed by atoms with Crippen LogP contribution in [0.3, 0.4) is 0 Å². The molecule has 0 amide bonds. The first kappa shape index (κ1) is 12.7. The zero-order valence-corrected chi connectivity index (χ0v) is 12.0. The molecule has 2 aromatic rings. The van der Waals surface area contributed by atoms with Gasteiger partial charge in [-0.3, -0.25) is 0 Å². The molecule has 2 aromatic carbocycles. The van der Waals surface area contributed by atoms with E-state index in [-0.39, 0.29) is 6.04 Å². The van der Waals surface area contributed by atoms with Crippen LogP contribution < -0.4 is 15.2 Å². The number of rotatable bonds is 2. The normalized spacial score (nSPS) is 17.4. The highest BCUT2D eigenvalue weighted by Gasteiger charge is 2.21. The number of nitrogens with two attached hydrogens (primary N) is 1. The van der Waals surface area contributed by atoms with Crippen molar-refractivity contribution in [1.29, 1.82) is 0 Å². The molecule has 2 aliphatic heterocycles. The Labute approximate surface area is 124 Å². The first-order valence-electron chi connectivity index (χ1n) is 7.59. The van der Waals surface area contributed by atoms with E-state index in [2.05, 4.69) is 30.3 Å². The van der Waals surface area contributed by atoms with Crippen LogP contribution in [0, 0.1) is 0 Å². The van der Waals surface area contributed by atoms with E-state index in [0.717, 1.165) is 55.1 Å². The maximum absolute atomic E-state index is 6.51. The SMILES string of the molecule is NC(c1ccc2c(c1)CCO2)c1cccc2c1OCCC2. The lowest BCUT2D eigenvalue weighted by Crippen LogP contribution is -2.17. The Morgan fingerprint density at radius 2 is 1.90 bits per heavy atom. The molecule has 0 aromatic heterocycles. The topological polar surface area (TPSA) is 44.5 Å². The van der Waals surface area contributed by atoms with E-state index >= 15 is 0 Å². The Balaban J connectivity index is 1.73. The predicted octanol–water partition coefficient (Wildman–Crippen LogP) is 2.99. The number of benzene rings is 2. The predicted molar refractivity (Wildman–Crippen MR) is 81.9 cm³/mol. The van der Waals surface area contributed by atoms with Gasteiger partial charge in [-0.1, -0.05) is 30.3 Å². The standard InChI is InChI=1S/C18H19NO2/c19-17(14-6-7-16-13(11-14)8-10-20-16)15-5-1-3-12-4-2-9-21-18(12)15/h1,3,5-7,11,17H,2,4,8-10,19H2. The molecule has 2 N–H and O–H groups in total. The lowest BCUT2D eigenvalue weighted by atomic mass is 9.93. The van der Waals surface area contributed by atoms with Crippen LogP contribution in [-0.2, 0) is 12.8 Å². The number of fused-ring (bicyclic) bond motifs is 2. The van der Waals surface area contributed by atoms with Gasteiger partial charge in [0.05, 0.1) is 19.3 Å². The minimum atomic E-state index is -0.149. The van der Waals surface area contributed by atoms with Gasteiger partial charge in [-0.25, -0.2) is 0 Å². The van der Waals surface area contributed by atoms with Crippen molar-refractivity contribution in [3.05, 3.63) is 58.7 Å². The molecular weight excluding hydrogens is 262 g/mol. The summed E-state index contributed by atoms with van der Waals surface area (Å²) in [6.45, 7) is 1.56. The van der Waals surface area contributed by atoms with Crippen LogP contribution in [0.15, 0.2) is 36.4 Å². The zero-order valence-electron chi connectivity index (χ0n) is 12.0. The minimum absolute atomic E-state index is 0.149. The first-order valence-corrected chi connectivity index (χ1v) is 7.59. The van der Waals surface area contributed by atoms with E-state index < -0.39 is 0 Å². The average Bonchev–Trinajstić information content (AvgIpc) is 3.01. The number of aryl methyl sites for hydroxylation is 1. The molecule has 2 aliphatic rings. The quantitative estimate of drug-likeness (QED) is 0.920. The summed E-state index contributed by atoms with van der Waals surface area (Å²) in [6, 6.07) is 12.4. The lowest BCUT2D eigenvalue weighted by Gasteiger charge is -2.23. The van der Waals surface area contributed by atoms with Crippen LogP contribution in [-0.4, -0.2) is 13.2 Å². The van der Waals surface area contributed by atoms with Crippen LogP contribution >= 0.6 is 0 Å². The molecule has 0 spiro atoms. The van der Waals surface area contributed by atoms with Gasteiger partial charge in [-0.2, -0.15) is 0 Å². The van der Waals surface area contributed by atoms with Crippen molar-refractivity contribution in [2.24, 2.45) is 5.73 Å².